The molecule has 2 aliphatic rings. The monoisotopic (exact) mass is 259 g/mol. The summed E-state index contributed by atoms with van der Waals surface area (Å²) >= 11 is 0. The summed E-state index contributed by atoms with van der Waals surface area (Å²) in [5, 5.41) is 0. The van der Waals surface area contributed by atoms with Gasteiger partial charge in [0, 0.05) is 30.6 Å². The number of nitrogens with zero attached hydrogens (tertiary/aromatic N) is 1. The van der Waals surface area contributed by atoms with Crippen LogP contribution in [0.3, 0.4) is 0 Å². The molecule has 102 valence electrons. The molecule has 2 unspecified atom stereocenters. The van der Waals surface area contributed by atoms with Gasteiger partial charge in [-0.25, -0.2) is 0 Å². The number of hydrogen-bond donors (Lipinski definition) is 0. The predicted octanol–water partition coefficient (Wildman–Crippen LogP) is 3.09. The van der Waals surface area contributed by atoms with Crippen LogP contribution in [0.15, 0.2) is 18.2 Å². The Morgan fingerprint density at radius 2 is 1.89 bits per heavy atom. The summed E-state index contributed by atoms with van der Waals surface area (Å²) in [6, 6.07) is 7.18. The lowest BCUT2D eigenvalue weighted by atomic mass is 9.83. The number of rotatable bonds is 2. The van der Waals surface area contributed by atoms with Gasteiger partial charge in [-0.05, 0) is 49.9 Å². The van der Waals surface area contributed by atoms with E-state index in [0.29, 0.717) is 17.9 Å². The zero-order chi connectivity index (χ0) is 13.4. The van der Waals surface area contributed by atoms with Gasteiger partial charge in [0.15, 0.2) is 0 Å². The molecule has 0 radical (unpaired) electrons. The quantitative estimate of drug-likeness (QED) is 0.817. The van der Waals surface area contributed by atoms with Crippen LogP contribution in [0.2, 0.25) is 0 Å². The molecule has 2 saturated heterocycles. The second-order valence-electron chi connectivity index (χ2n) is 5.75. The van der Waals surface area contributed by atoms with E-state index < -0.39 is 0 Å². The molecular weight excluding hydrogens is 238 g/mol. The maximum Gasteiger partial charge on any atom is 0.137 e. The van der Waals surface area contributed by atoms with Crippen molar-refractivity contribution >= 4 is 11.5 Å². The van der Waals surface area contributed by atoms with Gasteiger partial charge < -0.3 is 9.64 Å². The van der Waals surface area contributed by atoms with Crippen LogP contribution in [0.25, 0.3) is 0 Å². The number of methoxy groups -OCH3 is 1. The number of benzene rings is 1. The van der Waals surface area contributed by atoms with E-state index in [1.54, 1.807) is 7.11 Å². The van der Waals surface area contributed by atoms with Crippen LogP contribution in [0.4, 0.5) is 5.69 Å². The van der Waals surface area contributed by atoms with E-state index in [1.165, 1.54) is 12.1 Å². The molecule has 0 saturated carbocycles. The Hall–Kier alpha value is -1.51. The molecule has 2 heterocycles. The molecule has 1 aromatic carbocycles. The second kappa shape index (κ2) is 4.87. The fourth-order valence-electron chi connectivity index (χ4n) is 3.62. The van der Waals surface area contributed by atoms with Crippen molar-refractivity contribution in [1.29, 1.82) is 0 Å². The summed E-state index contributed by atoms with van der Waals surface area (Å²) in [6.45, 7) is 2.08. The molecule has 2 aliphatic heterocycles. The van der Waals surface area contributed by atoms with Gasteiger partial charge >= 0.3 is 0 Å². The van der Waals surface area contributed by atoms with Gasteiger partial charge in [0.1, 0.15) is 11.5 Å². The molecule has 3 heteroatoms. The maximum atomic E-state index is 11.8. The number of fused-ring (bicyclic) bond motifs is 2. The minimum absolute atomic E-state index is 0.410. The fourth-order valence-corrected chi connectivity index (χ4v) is 3.62. The third-order valence-corrected chi connectivity index (χ3v) is 4.46. The summed E-state index contributed by atoms with van der Waals surface area (Å²) in [6.07, 6.45) is 5.00. The van der Waals surface area contributed by atoms with Crippen molar-refractivity contribution in [2.75, 3.05) is 12.0 Å². The van der Waals surface area contributed by atoms with E-state index in [0.717, 1.165) is 37.0 Å². The molecule has 0 aromatic heterocycles. The molecule has 2 bridgehead atoms. The van der Waals surface area contributed by atoms with E-state index >= 15 is 0 Å². The minimum atomic E-state index is 0.410. The highest BCUT2D eigenvalue weighted by Crippen LogP contribution is 2.37. The first-order valence-corrected chi connectivity index (χ1v) is 7.13. The summed E-state index contributed by atoms with van der Waals surface area (Å²) in [4.78, 5) is 14.3. The highest BCUT2D eigenvalue weighted by Gasteiger charge is 2.37. The van der Waals surface area contributed by atoms with Crippen LogP contribution in [0.1, 0.15) is 37.7 Å². The largest absolute Gasteiger partial charge is 0.496 e. The number of anilines is 1. The van der Waals surface area contributed by atoms with Crippen LogP contribution < -0.4 is 9.64 Å². The number of carbonyl (C=O) groups is 1. The van der Waals surface area contributed by atoms with Crippen molar-refractivity contribution in [3.8, 4) is 5.75 Å². The molecule has 0 spiro atoms. The van der Waals surface area contributed by atoms with Crippen LogP contribution in [-0.4, -0.2) is 25.0 Å². The van der Waals surface area contributed by atoms with Gasteiger partial charge in [-0.2, -0.15) is 0 Å². The SMILES string of the molecule is COc1ccc(N2C3CCCC2CC(=O)C3)cc1C. The zero-order valence-corrected chi connectivity index (χ0v) is 11.7. The molecule has 1 aromatic rings. The molecule has 0 N–H and O–H groups in total. The Bertz CT molecular complexity index is 482. The Morgan fingerprint density at radius 3 is 2.47 bits per heavy atom. The van der Waals surface area contributed by atoms with Crippen LogP contribution >= 0.6 is 0 Å². The Morgan fingerprint density at radius 1 is 1.21 bits per heavy atom. The van der Waals surface area contributed by atoms with E-state index in [1.807, 2.05) is 6.07 Å². The van der Waals surface area contributed by atoms with Gasteiger partial charge in [0.05, 0.1) is 7.11 Å². The van der Waals surface area contributed by atoms with Crippen molar-refractivity contribution in [3.63, 3.8) is 0 Å². The normalized spacial score (nSPS) is 26.4. The number of aryl methyl sites for hydroxylation is 1. The summed E-state index contributed by atoms with van der Waals surface area (Å²) in [7, 11) is 1.70. The third-order valence-electron chi connectivity index (χ3n) is 4.46. The topological polar surface area (TPSA) is 29.5 Å². The summed E-state index contributed by atoms with van der Waals surface area (Å²) in [5.41, 5.74) is 2.41. The van der Waals surface area contributed by atoms with E-state index in [9.17, 15) is 4.79 Å². The number of ketones is 1. The molecular formula is C16H21NO2. The van der Waals surface area contributed by atoms with Gasteiger partial charge in [0.25, 0.3) is 0 Å². The third kappa shape index (κ3) is 2.22. The number of carbonyl (C=O) groups excluding carboxylic acids is 1. The molecule has 3 rings (SSSR count). The first kappa shape index (κ1) is 12.5. The summed E-state index contributed by atoms with van der Waals surface area (Å²) in [5.74, 6) is 1.37. The smallest absolute Gasteiger partial charge is 0.137 e. The van der Waals surface area contributed by atoms with E-state index in [-0.39, 0.29) is 0 Å². The fraction of sp³-hybridized carbons (Fsp3) is 0.562. The first-order valence-electron chi connectivity index (χ1n) is 7.13. The second-order valence-corrected chi connectivity index (χ2v) is 5.75. The summed E-state index contributed by atoms with van der Waals surface area (Å²) < 4.78 is 5.33. The first-order chi connectivity index (χ1) is 9.19. The molecule has 0 aliphatic carbocycles. The lowest BCUT2D eigenvalue weighted by Crippen LogP contribution is -2.52. The molecule has 2 fully saturated rings. The van der Waals surface area contributed by atoms with Crippen molar-refractivity contribution in [2.45, 2.75) is 51.1 Å². The number of Topliss-reactive ketones (excluding diaryl/α,β-unsaturated/α-hetero) is 1. The molecule has 19 heavy (non-hydrogen) atoms. The van der Waals surface area contributed by atoms with Gasteiger partial charge in [-0.15, -0.1) is 0 Å². The molecule has 3 nitrogen and oxygen atoms in total. The van der Waals surface area contributed by atoms with Crippen molar-refractivity contribution in [1.82, 2.24) is 0 Å². The Kier molecular flexibility index (Phi) is 3.21. The average molecular weight is 259 g/mol. The molecule has 0 amide bonds. The van der Waals surface area contributed by atoms with Crippen LogP contribution in [-0.2, 0) is 4.79 Å². The van der Waals surface area contributed by atoms with E-state index in [2.05, 4.69) is 24.0 Å². The number of piperidine rings is 2. The average Bonchev–Trinajstić information content (AvgIpc) is 2.37. The van der Waals surface area contributed by atoms with Crippen LogP contribution in [0.5, 0.6) is 5.75 Å². The van der Waals surface area contributed by atoms with Crippen molar-refractivity contribution in [3.05, 3.63) is 23.8 Å². The Balaban J connectivity index is 1.92. The van der Waals surface area contributed by atoms with Crippen molar-refractivity contribution < 1.29 is 9.53 Å². The van der Waals surface area contributed by atoms with E-state index in [4.69, 9.17) is 4.74 Å². The highest BCUT2D eigenvalue weighted by atomic mass is 16.5. The predicted molar refractivity (Wildman–Crippen MR) is 75.9 cm³/mol. The lowest BCUT2D eigenvalue weighted by molar-refractivity contribution is -0.121. The lowest BCUT2D eigenvalue weighted by Gasteiger charge is -2.47. The van der Waals surface area contributed by atoms with Crippen molar-refractivity contribution in [2.24, 2.45) is 0 Å². The molecule has 2 atom stereocenters. The maximum absolute atomic E-state index is 11.8. The highest BCUT2D eigenvalue weighted by molar-refractivity contribution is 5.82. The Labute approximate surface area is 114 Å². The number of ether oxygens (including phenoxy) is 1. The number of hydrogen-bond acceptors (Lipinski definition) is 3. The van der Waals surface area contributed by atoms with Gasteiger partial charge in [-0.3, -0.25) is 4.79 Å². The van der Waals surface area contributed by atoms with Crippen LogP contribution in [0, 0.1) is 6.92 Å². The zero-order valence-electron chi connectivity index (χ0n) is 11.7. The standard InChI is InChI=1S/C16H21NO2/c1-11-8-14(6-7-16(11)19-2)17-12-4-3-5-13(17)10-15(18)9-12/h6-8,12-13H,3-5,9-10H2,1-2H3. The van der Waals surface area contributed by atoms with Gasteiger partial charge in [0.2, 0.25) is 0 Å². The minimum Gasteiger partial charge on any atom is -0.496 e. The van der Waals surface area contributed by atoms with Gasteiger partial charge in [-0.1, -0.05) is 0 Å².